The van der Waals surface area contributed by atoms with Crippen molar-refractivity contribution in [3.8, 4) is 5.75 Å². The molecule has 0 aliphatic carbocycles. The number of hydrogen-bond donors (Lipinski definition) is 1. The summed E-state index contributed by atoms with van der Waals surface area (Å²) in [5.41, 5.74) is 6.85. The minimum Gasteiger partial charge on any atom is -0.497 e. The third-order valence-corrected chi connectivity index (χ3v) is 2.64. The van der Waals surface area contributed by atoms with Crippen molar-refractivity contribution in [1.29, 1.82) is 0 Å². The van der Waals surface area contributed by atoms with E-state index in [-0.39, 0.29) is 5.97 Å². The molecule has 2 N–H and O–H groups in total. The second kappa shape index (κ2) is 6.91. The van der Waals surface area contributed by atoms with Crippen LogP contribution in [0.2, 0.25) is 0 Å². The summed E-state index contributed by atoms with van der Waals surface area (Å²) >= 11 is 0. The van der Waals surface area contributed by atoms with Crippen molar-refractivity contribution < 1.29 is 14.3 Å². The molecule has 0 aromatic heterocycles. The quantitative estimate of drug-likeness (QED) is 0.762. The Hall–Kier alpha value is -1.55. The lowest BCUT2D eigenvalue weighted by Gasteiger charge is -2.08. The summed E-state index contributed by atoms with van der Waals surface area (Å²) in [5, 5.41) is 0. The van der Waals surface area contributed by atoms with E-state index in [0.29, 0.717) is 6.42 Å². The topological polar surface area (TPSA) is 61.5 Å². The standard InChI is InChI=1S/C13H19NO3/c1-16-11-8-6-10(7-9-11)4-3-5-12(14)13(15)17-2/h6-9,12H,3-5,14H2,1-2H3. The van der Waals surface area contributed by atoms with Gasteiger partial charge in [0.25, 0.3) is 0 Å². The van der Waals surface area contributed by atoms with Crippen molar-refractivity contribution in [3.05, 3.63) is 29.8 Å². The van der Waals surface area contributed by atoms with Crippen molar-refractivity contribution >= 4 is 5.97 Å². The first kappa shape index (κ1) is 13.5. The van der Waals surface area contributed by atoms with E-state index in [9.17, 15) is 4.79 Å². The first-order valence-electron chi connectivity index (χ1n) is 5.63. The summed E-state index contributed by atoms with van der Waals surface area (Å²) in [6, 6.07) is 7.37. The second-order valence-corrected chi connectivity index (χ2v) is 3.87. The molecule has 0 spiro atoms. The number of carbonyl (C=O) groups excluding carboxylic acids is 1. The number of benzene rings is 1. The van der Waals surface area contributed by atoms with Crippen LogP contribution in [0.3, 0.4) is 0 Å². The van der Waals surface area contributed by atoms with Crippen LogP contribution in [0.1, 0.15) is 18.4 Å². The smallest absolute Gasteiger partial charge is 0.322 e. The summed E-state index contributed by atoms with van der Waals surface area (Å²) in [7, 11) is 3.00. The Morgan fingerprint density at radius 2 is 1.94 bits per heavy atom. The second-order valence-electron chi connectivity index (χ2n) is 3.87. The maximum Gasteiger partial charge on any atom is 0.322 e. The minimum absolute atomic E-state index is 0.347. The van der Waals surface area contributed by atoms with Gasteiger partial charge in [0.2, 0.25) is 0 Å². The van der Waals surface area contributed by atoms with Gasteiger partial charge in [-0.3, -0.25) is 4.79 Å². The largest absolute Gasteiger partial charge is 0.497 e. The number of hydrogen-bond acceptors (Lipinski definition) is 4. The molecule has 94 valence electrons. The number of carbonyl (C=O) groups is 1. The Morgan fingerprint density at radius 1 is 1.29 bits per heavy atom. The highest BCUT2D eigenvalue weighted by molar-refractivity contribution is 5.75. The molecule has 0 fully saturated rings. The van der Waals surface area contributed by atoms with Crippen LogP contribution in [-0.2, 0) is 16.0 Å². The summed E-state index contributed by atoms with van der Waals surface area (Å²) in [4.78, 5) is 11.1. The normalized spacial score (nSPS) is 11.9. The fourth-order valence-corrected chi connectivity index (χ4v) is 1.59. The third kappa shape index (κ3) is 4.44. The van der Waals surface area contributed by atoms with Gasteiger partial charge in [-0.05, 0) is 37.0 Å². The molecule has 17 heavy (non-hydrogen) atoms. The van der Waals surface area contributed by atoms with E-state index in [1.807, 2.05) is 24.3 Å². The van der Waals surface area contributed by atoms with Crippen LogP contribution in [0.15, 0.2) is 24.3 Å². The molecule has 0 bridgehead atoms. The zero-order valence-electron chi connectivity index (χ0n) is 10.3. The average Bonchev–Trinajstić information content (AvgIpc) is 2.38. The predicted octanol–water partition coefficient (Wildman–Crippen LogP) is 1.52. The summed E-state index contributed by atoms with van der Waals surface area (Å²) in [6.07, 6.45) is 2.40. The van der Waals surface area contributed by atoms with Gasteiger partial charge in [0.05, 0.1) is 14.2 Å². The van der Waals surface area contributed by atoms with E-state index in [1.54, 1.807) is 7.11 Å². The lowest BCUT2D eigenvalue weighted by molar-refractivity contribution is -0.142. The van der Waals surface area contributed by atoms with Gasteiger partial charge in [0, 0.05) is 0 Å². The Kier molecular flexibility index (Phi) is 5.49. The monoisotopic (exact) mass is 237 g/mol. The van der Waals surface area contributed by atoms with Gasteiger partial charge in [-0.15, -0.1) is 0 Å². The summed E-state index contributed by atoms with van der Waals surface area (Å²) in [5.74, 6) is 0.500. The van der Waals surface area contributed by atoms with E-state index in [1.165, 1.54) is 12.7 Å². The van der Waals surface area contributed by atoms with Gasteiger partial charge in [0.15, 0.2) is 0 Å². The van der Waals surface area contributed by atoms with E-state index in [2.05, 4.69) is 4.74 Å². The van der Waals surface area contributed by atoms with Crippen LogP contribution in [-0.4, -0.2) is 26.2 Å². The fourth-order valence-electron chi connectivity index (χ4n) is 1.59. The Bertz CT molecular complexity index is 348. The van der Waals surface area contributed by atoms with Crippen molar-refractivity contribution in [2.75, 3.05) is 14.2 Å². The number of aryl methyl sites for hydroxylation is 1. The molecule has 1 atom stereocenters. The maximum absolute atomic E-state index is 11.1. The summed E-state index contributed by atoms with van der Waals surface area (Å²) < 4.78 is 9.64. The Balaban J connectivity index is 2.33. The molecule has 0 radical (unpaired) electrons. The highest BCUT2D eigenvalue weighted by atomic mass is 16.5. The van der Waals surface area contributed by atoms with Crippen LogP contribution >= 0.6 is 0 Å². The molecule has 0 aliphatic rings. The number of nitrogens with two attached hydrogens (primary N) is 1. The molecule has 4 heteroatoms. The molecule has 1 aromatic rings. The van der Waals surface area contributed by atoms with Gasteiger partial charge < -0.3 is 15.2 Å². The van der Waals surface area contributed by atoms with Gasteiger partial charge >= 0.3 is 5.97 Å². The predicted molar refractivity (Wildman–Crippen MR) is 65.9 cm³/mol. The van der Waals surface area contributed by atoms with Crippen molar-refractivity contribution in [1.82, 2.24) is 0 Å². The molecule has 0 saturated carbocycles. The lowest BCUT2D eigenvalue weighted by atomic mass is 10.1. The molecule has 1 rings (SSSR count). The van der Waals surface area contributed by atoms with Crippen LogP contribution < -0.4 is 10.5 Å². The van der Waals surface area contributed by atoms with Crippen LogP contribution in [0.5, 0.6) is 5.75 Å². The van der Waals surface area contributed by atoms with E-state index >= 15 is 0 Å². The molecule has 1 unspecified atom stereocenters. The first-order chi connectivity index (χ1) is 8.17. The molecular weight excluding hydrogens is 218 g/mol. The highest BCUT2D eigenvalue weighted by Crippen LogP contribution is 2.13. The number of rotatable bonds is 6. The van der Waals surface area contributed by atoms with E-state index in [0.717, 1.165) is 18.6 Å². The third-order valence-electron chi connectivity index (χ3n) is 2.64. The van der Waals surface area contributed by atoms with E-state index < -0.39 is 6.04 Å². The number of ether oxygens (including phenoxy) is 2. The van der Waals surface area contributed by atoms with Crippen molar-refractivity contribution in [3.63, 3.8) is 0 Å². The molecule has 0 heterocycles. The zero-order chi connectivity index (χ0) is 12.7. The molecule has 0 amide bonds. The van der Waals surface area contributed by atoms with Crippen molar-refractivity contribution in [2.24, 2.45) is 5.73 Å². The van der Waals surface area contributed by atoms with Crippen LogP contribution in [0.25, 0.3) is 0 Å². The zero-order valence-corrected chi connectivity index (χ0v) is 10.3. The SMILES string of the molecule is COC(=O)C(N)CCCc1ccc(OC)cc1. The lowest BCUT2D eigenvalue weighted by Crippen LogP contribution is -2.31. The summed E-state index contributed by atoms with van der Waals surface area (Å²) in [6.45, 7) is 0. The number of methoxy groups -OCH3 is 2. The molecule has 0 aliphatic heterocycles. The Morgan fingerprint density at radius 3 is 2.47 bits per heavy atom. The van der Waals surface area contributed by atoms with Crippen molar-refractivity contribution in [2.45, 2.75) is 25.3 Å². The van der Waals surface area contributed by atoms with Gasteiger partial charge in [-0.25, -0.2) is 0 Å². The first-order valence-corrected chi connectivity index (χ1v) is 5.63. The van der Waals surface area contributed by atoms with E-state index in [4.69, 9.17) is 10.5 Å². The number of esters is 1. The van der Waals surface area contributed by atoms with Crippen LogP contribution in [0, 0.1) is 0 Å². The fraction of sp³-hybridized carbons (Fsp3) is 0.462. The van der Waals surface area contributed by atoms with Gasteiger partial charge in [-0.1, -0.05) is 12.1 Å². The highest BCUT2D eigenvalue weighted by Gasteiger charge is 2.12. The average molecular weight is 237 g/mol. The Labute approximate surface area is 102 Å². The molecule has 0 saturated heterocycles. The molecule has 1 aromatic carbocycles. The van der Waals surface area contributed by atoms with Gasteiger partial charge in [0.1, 0.15) is 11.8 Å². The van der Waals surface area contributed by atoms with Gasteiger partial charge in [-0.2, -0.15) is 0 Å². The minimum atomic E-state index is -0.516. The van der Waals surface area contributed by atoms with Crippen LogP contribution in [0.4, 0.5) is 0 Å². The maximum atomic E-state index is 11.1. The molecule has 4 nitrogen and oxygen atoms in total. The molecular formula is C13H19NO3.